The maximum atomic E-state index is 13.2. The van der Waals surface area contributed by atoms with Crippen LogP contribution in [0.2, 0.25) is 0 Å². The van der Waals surface area contributed by atoms with Crippen molar-refractivity contribution in [3.63, 3.8) is 0 Å². The Labute approximate surface area is 205 Å². The first-order valence-electron chi connectivity index (χ1n) is 11.9. The van der Waals surface area contributed by atoms with Crippen LogP contribution in [0.4, 0.5) is 0 Å². The first-order valence-corrected chi connectivity index (χ1v) is 13.4. The first-order chi connectivity index (χ1) is 15.5. The van der Waals surface area contributed by atoms with Gasteiger partial charge in [0.2, 0.25) is 15.9 Å². The molecule has 2 amide bonds. The number of hydrogen-bond acceptors (Lipinski definition) is 5. The Kier molecular flexibility index (Phi) is 8.93. The number of piperidine rings is 1. The van der Waals surface area contributed by atoms with Crippen molar-refractivity contribution in [3.8, 4) is 0 Å². The molecule has 0 aromatic heterocycles. The first kappa shape index (κ1) is 28.3. The fraction of sp³-hybridized carbons (Fsp3) is 0.680. The molecular weight excluding hydrogens is 452 g/mol. The molecule has 1 aromatic carbocycles. The lowest BCUT2D eigenvalue weighted by molar-refractivity contribution is -0.126. The van der Waals surface area contributed by atoms with Crippen molar-refractivity contribution in [2.45, 2.75) is 64.8 Å². The molecule has 1 aliphatic heterocycles. The fourth-order valence-corrected chi connectivity index (χ4v) is 5.80. The number of rotatable bonds is 8. The average molecular weight is 495 g/mol. The number of carbonyl (C=O) groups is 2. The van der Waals surface area contributed by atoms with Crippen LogP contribution in [0.5, 0.6) is 0 Å². The summed E-state index contributed by atoms with van der Waals surface area (Å²) in [5, 5.41) is 3.08. The number of nitrogens with zero attached hydrogens (tertiary/aromatic N) is 2. The number of amides is 2. The molecule has 9 heteroatoms. The van der Waals surface area contributed by atoms with E-state index < -0.39 is 15.6 Å². The lowest BCUT2D eigenvalue weighted by atomic mass is 9.91. The van der Waals surface area contributed by atoms with Crippen molar-refractivity contribution in [1.29, 1.82) is 0 Å². The molecule has 1 aromatic rings. The molecule has 2 N–H and O–H groups in total. The van der Waals surface area contributed by atoms with E-state index in [-0.39, 0.29) is 28.0 Å². The van der Waals surface area contributed by atoms with Gasteiger partial charge >= 0.3 is 0 Å². The van der Waals surface area contributed by atoms with E-state index >= 15 is 0 Å². The second kappa shape index (κ2) is 10.7. The highest BCUT2D eigenvalue weighted by molar-refractivity contribution is 7.89. The Morgan fingerprint density at radius 3 is 2.21 bits per heavy atom. The zero-order valence-electron chi connectivity index (χ0n) is 22.0. The van der Waals surface area contributed by atoms with Gasteiger partial charge in [-0.15, -0.1) is 0 Å². The van der Waals surface area contributed by atoms with E-state index in [1.54, 1.807) is 38.7 Å². The third-order valence-corrected chi connectivity index (χ3v) is 7.58. The Hall–Kier alpha value is -1.97. The van der Waals surface area contributed by atoms with Crippen LogP contribution in [0, 0.1) is 18.3 Å². The lowest BCUT2D eigenvalue weighted by Crippen LogP contribution is -2.46. The summed E-state index contributed by atoms with van der Waals surface area (Å²) in [6.45, 7) is 13.8. The van der Waals surface area contributed by atoms with Gasteiger partial charge in [0.1, 0.15) is 0 Å². The number of likely N-dealkylation sites (tertiary alicyclic amines) is 1. The predicted octanol–water partition coefficient (Wildman–Crippen LogP) is 2.63. The van der Waals surface area contributed by atoms with Crippen LogP contribution >= 0.6 is 0 Å². The summed E-state index contributed by atoms with van der Waals surface area (Å²) in [5.41, 5.74) is 0.450. The molecule has 0 unspecified atom stereocenters. The van der Waals surface area contributed by atoms with Gasteiger partial charge in [-0.05, 0) is 77.7 Å². The van der Waals surface area contributed by atoms with E-state index in [0.717, 1.165) is 12.1 Å². The second-order valence-electron chi connectivity index (χ2n) is 11.5. The highest BCUT2D eigenvalue weighted by atomic mass is 32.2. The maximum absolute atomic E-state index is 13.2. The SMILES string of the molecule is Cc1ccc(S(=O)(=O)NC(C)(C)C)cc1C(=O)N1CCC(C(=O)NCC(C)(C)CN(C)C)CC1. The number of carbonyl (C=O) groups excluding carboxylic acids is 2. The summed E-state index contributed by atoms with van der Waals surface area (Å²) in [7, 11) is 0.292. The molecule has 2 rings (SSSR count). The average Bonchev–Trinajstić information content (AvgIpc) is 2.69. The van der Waals surface area contributed by atoms with E-state index in [9.17, 15) is 18.0 Å². The smallest absolute Gasteiger partial charge is 0.254 e. The molecule has 1 fully saturated rings. The number of benzene rings is 1. The number of sulfonamides is 1. The molecule has 1 heterocycles. The summed E-state index contributed by atoms with van der Waals surface area (Å²) in [6.07, 6.45) is 1.18. The van der Waals surface area contributed by atoms with Gasteiger partial charge in [0, 0.05) is 43.2 Å². The van der Waals surface area contributed by atoms with Gasteiger partial charge in [-0.1, -0.05) is 19.9 Å². The predicted molar refractivity (Wildman–Crippen MR) is 135 cm³/mol. The standard InChI is InChI=1S/C25H42N4O4S/c1-18-9-10-20(34(32,33)27-24(2,3)4)15-21(18)23(31)29-13-11-19(12-14-29)22(30)26-16-25(5,6)17-28(7)8/h9-10,15,19,27H,11-14,16-17H2,1-8H3,(H,26,30). The van der Waals surface area contributed by atoms with Crippen molar-refractivity contribution in [1.82, 2.24) is 19.8 Å². The molecule has 1 aliphatic rings. The van der Waals surface area contributed by atoms with Crippen LogP contribution in [0.25, 0.3) is 0 Å². The van der Waals surface area contributed by atoms with Gasteiger partial charge in [-0.3, -0.25) is 9.59 Å². The molecule has 0 radical (unpaired) electrons. The van der Waals surface area contributed by atoms with Crippen LogP contribution in [0.3, 0.4) is 0 Å². The van der Waals surface area contributed by atoms with Gasteiger partial charge < -0.3 is 15.1 Å². The van der Waals surface area contributed by atoms with Crippen LogP contribution < -0.4 is 10.0 Å². The zero-order valence-corrected chi connectivity index (χ0v) is 22.8. The highest BCUT2D eigenvalue weighted by Crippen LogP contribution is 2.23. The van der Waals surface area contributed by atoms with Gasteiger partial charge in [0.05, 0.1) is 4.90 Å². The number of aryl methyl sites for hydroxylation is 1. The summed E-state index contributed by atoms with van der Waals surface area (Å²) in [4.78, 5) is 29.8. The Morgan fingerprint density at radius 1 is 1.09 bits per heavy atom. The minimum atomic E-state index is -3.74. The summed E-state index contributed by atoms with van der Waals surface area (Å²) < 4.78 is 28.1. The van der Waals surface area contributed by atoms with Crippen molar-refractivity contribution < 1.29 is 18.0 Å². The van der Waals surface area contributed by atoms with Crippen molar-refractivity contribution in [2.75, 3.05) is 40.3 Å². The van der Waals surface area contributed by atoms with Gasteiger partial charge in [0.15, 0.2) is 0 Å². The molecule has 1 saturated heterocycles. The summed E-state index contributed by atoms with van der Waals surface area (Å²) in [6, 6.07) is 4.64. The molecule has 0 bridgehead atoms. The third-order valence-electron chi connectivity index (χ3n) is 5.83. The van der Waals surface area contributed by atoms with Crippen LogP contribution in [0.1, 0.15) is 63.4 Å². The molecule has 34 heavy (non-hydrogen) atoms. The van der Waals surface area contributed by atoms with Gasteiger partial charge in [0.25, 0.3) is 5.91 Å². The normalized spacial score (nSPS) is 16.1. The van der Waals surface area contributed by atoms with Crippen molar-refractivity contribution >= 4 is 21.8 Å². The quantitative estimate of drug-likeness (QED) is 0.579. The summed E-state index contributed by atoms with van der Waals surface area (Å²) >= 11 is 0. The highest BCUT2D eigenvalue weighted by Gasteiger charge is 2.30. The molecule has 0 aliphatic carbocycles. The van der Waals surface area contributed by atoms with Crippen LogP contribution in [-0.2, 0) is 14.8 Å². The largest absolute Gasteiger partial charge is 0.355 e. The van der Waals surface area contributed by atoms with Crippen LogP contribution in [-0.4, -0.2) is 75.8 Å². The topological polar surface area (TPSA) is 98.8 Å². The second-order valence-corrected chi connectivity index (χ2v) is 13.2. The van der Waals surface area contributed by atoms with E-state index in [2.05, 4.69) is 28.8 Å². The number of hydrogen-bond donors (Lipinski definition) is 2. The molecule has 0 atom stereocenters. The molecule has 0 saturated carbocycles. The van der Waals surface area contributed by atoms with Gasteiger partial charge in [-0.25, -0.2) is 13.1 Å². The monoisotopic (exact) mass is 494 g/mol. The van der Waals surface area contributed by atoms with Gasteiger partial charge in [-0.2, -0.15) is 0 Å². The van der Waals surface area contributed by atoms with Crippen molar-refractivity contribution in [3.05, 3.63) is 29.3 Å². The van der Waals surface area contributed by atoms with Crippen LogP contribution in [0.15, 0.2) is 23.1 Å². The zero-order chi connectivity index (χ0) is 25.9. The minimum Gasteiger partial charge on any atom is -0.355 e. The van der Waals surface area contributed by atoms with E-state index in [0.29, 0.717) is 38.0 Å². The maximum Gasteiger partial charge on any atom is 0.254 e. The Balaban J connectivity index is 2.02. The Morgan fingerprint density at radius 2 is 1.68 bits per heavy atom. The van der Waals surface area contributed by atoms with E-state index in [4.69, 9.17) is 0 Å². The summed E-state index contributed by atoms with van der Waals surface area (Å²) in [5.74, 6) is -0.282. The Bertz CT molecular complexity index is 989. The number of nitrogens with one attached hydrogen (secondary N) is 2. The molecule has 8 nitrogen and oxygen atoms in total. The van der Waals surface area contributed by atoms with E-state index in [1.807, 2.05) is 14.1 Å². The fourth-order valence-electron chi connectivity index (χ4n) is 4.36. The van der Waals surface area contributed by atoms with Crippen molar-refractivity contribution in [2.24, 2.45) is 11.3 Å². The molecule has 192 valence electrons. The molecular formula is C25H42N4O4S. The van der Waals surface area contributed by atoms with E-state index in [1.165, 1.54) is 12.1 Å². The minimum absolute atomic E-state index is 0.0272. The molecule has 0 spiro atoms. The lowest BCUT2D eigenvalue weighted by Gasteiger charge is -2.33. The third kappa shape index (κ3) is 8.06.